The van der Waals surface area contributed by atoms with Crippen molar-refractivity contribution in [2.45, 2.75) is 6.42 Å². The summed E-state index contributed by atoms with van der Waals surface area (Å²) in [4.78, 5) is 11.0. The zero-order valence-corrected chi connectivity index (χ0v) is 8.96. The van der Waals surface area contributed by atoms with Gasteiger partial charge in [0.15, 0.2) is 0 Å². The molecule has 1 aromatic rings. The van der Waals surface area contributed by atoms with Crippen molar-refractivity contribution in [2.24, 2.45) is 0 Å². The zero-order valence-electron chi connectivity index (χ0n) is 6.69. The molecular weight excluding hydrogens is 230 g/mol. The van der Waals surface area contributed by atoms with Crippen molar-refractivity contribution < 1.29 is 4.79 Å². The molecule has 0 aliphatic carbocycles. The van der Waals surface area contributed by atoms with Crippen LogP contribution in [0, 0.1) is 0 Å². The fourth-order valence-corrected chi connectivity index (χ4v) is 1.60. The number of carbonyl (C=O) groups excluding carboxylic acids is 1. The van der Waals surface area contributed by atoms with Gasteiger partial charge in [0.25, 0.3) is 5.24 Å². The summed E-state index contributed by atoms with van der Waals surface area (Å²) in [5.41, 5.74) is 1.27. The molecule has 0 fully saturated rings. The molecule has 1 nitrogen and oxygen atoms in total. The van der Waals surface area contributed by atoms with Gasteiger partial charge in [0.2, 0.25) is 0 Å². The highest BCUT2D eigenvalue weighted by atomic mass is 35.5. The van der Waals surface area contributed by atoms with Gasteiger partial charge >= 0.3 is 0 Å². The summed E-state index contributed by atoms with van der Waals surface area (Å²) in [5, 5.41) is 0.00457. The summed E-state index contributed by atoms with van der Waals surface area (Å²) in [6, 6.07) is 5.03. The maximum atomic E-state index is 11.0. The maximum absolute atomic E-state index is 11.0. The Hall–Kier alpha value is -0.240. The SMILES string of the molecule is O=C(Cl)c1cc(Cl)ccc1CCCl. The highest BCUT2D eigenvalue weighted by Gasteiger charge is 2.08. The van der Waals surface area contributed by atoms with E-state index in [4.69, 9.17) is 34.8 Å². The highest BCUT2D eigenvalue weighted by molar-refractivity contribution is 6.68. The number of halogens is 3. The van der Waals surface area contributed by atoms with Crippen LogP contribution >= 0.6 is 34.8 Å². The largest absolute Gasteiger partial charge is 0.276 e. The number of aryl methyl sites for hydroxylation is 1. The van der Waals surface area contributed by atoms with E-state index in [1.54, 1.807) is 18.2 Å². The first kappa shape index (κ1) is 10.8. The summed E-state index contributed by atoms with van der Waals surface area (Å²) < 4.78 is 0. The number of benzene rings is 1. The normalized spacial score (nSPS) is 10.1. The lowest BCUT2D eigenvalue weighted by Crippen LogP contribution is -1.98. The molecule has 0 saturated carbocycles. The average molecular weight is 238 g/mol. The Balaban J connectivity index is 3.10. The number of hydrogen-bond acceptors (Lipinski definition) is 1. The van der Waals surface area contributed by atoms with E-state index in [0.29, 0.717) is 22.9 Å². The first-order valence-electron chi connectivity index (χ1n) is 3.69. The van der Waals surface area contributed by atoms with Crippen LogP contribution in [0.15, 0.2) is 18.2 Å². The smallest absolute Gasteiger partial charge is 0.252 e. The zero-order chi connectivity index (χ0) is 9.84. The van der Waals surface area contributed by atoms with Gasteiger partial charge < -0.3 is 0 Å². The molecule has 0 radical (unpaired) electrons. The number of alkyl halides is 1. The third-order valence-corrected chi connectivity index (χ3v) is 2.28. The van der Waals surface area contributed by atoms with Gasteiger partial charge in [-0.15, -0.1) is 11.6 Å². The van der Waals surface area contributed by atoms with Gasteiger partial charge in [-0.3, -0.25) is 4.79 Å². The van der Waals surface area contributed by atoms with E-state index < -0.39 is 5.24 Å². The van der Waals surface area contributed by atoms with Gasteiger partial charge in [-0.25, -0.2) is 0 Å². The quantitative estimate of drug-likeness (QED) is 0.581. The molecule has 0 N–H and O–H groups in total. The first-order valence-corrected chi connectivity index (χ1v) is 4.98. The van der Waals surface area contributed by atoms with Crippen molar-refractivity contribution in [1.82, 2.24) is 0 Å². The molecule has 70 valence electrons. The average Bonchev–Trinajstić information content (AvgIpc) is 2.08. The first-order chi connectivity index (χ1) is 6.15. The number of carbonyl (C=O) groups is 1. The predicted octanol–water partition coefficient (Wildman–Crippen LogP) is 3.50. The van der Waals surface area contributed by atoms with Crippen LogP contribution in [-0.4, -0.2) is 11.1 Å². The molecule has 13 heavy (non-hydrogen) atoms. The van der Waals surface area contributed by atoms with Gasteiger partial charge in [0, 0.05) is 16.5 Å². The molecule has 1 rings (SSSR count). The maximum Gasteiger partial charge on any atom is 0.252 e. The molecule has 0 unspecified atom stereocenters. The molecule has 0 atom stereocenters. The molecule has 0 aliphatic rings. The fourth-order valence-electron chi connectivity index (χ4n) is 1.05. The van der Waals surface area contributed by atoms with E-state index in [0.717, 1.165) is 5.56 Å². The van der Waals surface area contributed by atoms with E-state index in [9.17, 15) is 4.79 Å². The Morgan fingerprint density at radius 2 is 2.08 bits per heavy atom. The van der Waals surface area contributed by atoms with Gasteiger partial charge in [0.05, 0.1) is 0 Å². The molecular formula is C9H7Cl3O. The predicted molar refractivity (Wildman–Crippen MR) is 56.1 cm³/mol. The lowest BCUT2D eigenvalue weighted by molar-refractivity contribution is 0.108. The summed E-state index contributed by atoms with van der Waals surface area (Å²) in [7, 11) is 0. The summed E-state index contributed by atoms with van der Waals surface area (Å²) in [5.74, 6) is 0.457. The van der Waals surface area contributed by atoms with Crippen LogP contribution in [0.2, 0.25) is 5.02 Å². The summed E-state index contributed by atoms with van der Waals surface area (Å²) >= 11 is 16.7. The third kappa shape index (κ3) is 2.87. The van der Waals surface area contributed by atoms with Gasteiger partial charge in [-0.1, -0.05) is 17.7 Å². The van der Waals surface area contributed by atoms with Crippen LogP contribution in [0.1, 0.15) is 15.9 Å². The van der Waals surface area contributed by atoms with Crippen LogP contribution in [0.5, 0.6) is 0 Å². The standard InChI is InChI=1S/C9H7Cl3O/c10-4-3-6-1-2-7(11)5-8(6)9(12)13/h1-2,5H,3-4H2. The molecule has 0 amide bonds. The second kappa shape index (κ2) is 4.85. The van der Waals surface area contributed by atoms with Crippen molar-refractivity contribution in [2.75, 3.05) is 5.88 Å². The minimum Gasteiger partial charge on any atom is -0.276 e. The van der Waals surface area contributed by atoms with E-state index in [-0.39, 0.29) is 0 Å². The van der Waals surface area contributed by atoms with Gasteiger partial charge in [0.1, 0.15) is 0 Å². The molecule has 1 aromatic carbocycles. The second-order valence-corrected chi connectivity index (χ2v) is 3.67. The van der Waals surface area contributed by atoms with Crippen molar-refractivity contribution in [3.63, 3.8) is 0 Å². The number of hydrogen-bond donors (Lipinski definition) is 0. The monoisotopic (exact) mass is 236 g/mol. The minimum atomic E-state index is -0.498. The molecule has 0 aliphatic heterocycles. The van der Waals surface area contributed by atoms with Crippen LogP contribution < -0.4 is 0 Å². The third-order valence-electron chi connectivity index (χ3n) is 1.65. The molecule has 0 saturated heterocycles. The van der Waals surface area contributed by atoms with Crippen molar-refractivity contribution >= 4 is 40.0 Å². The lowest BCUT2D eigenvalue weighted by Gasteiger charge is -2.03. The highest BCUT2D eigenvalue weighted by Crippen LogP contribution is 2.18. The van der Waals surface area contributed by atoms with Crippen LogP contribution in [-0.2, 0) is 6.42 Å². The van der Waals surface area contributed by atoms with Gasteiger partial charge in [-0.05, 0) is 35.7 Å². The van der Waals surface area contributed by atoms with Gasteiger partial charge in [-0.2, -0.15) is 0 Å². The minimum absolute atomic E-state index is 0.440. The lowest BCUT2D eigenvalue weighted by atomic mass is 10.1. The van der Waals surface area contributed by atoms with Crippen LogP contribution in [0.3, 0.4) is 0 Å². The summed E-state index contributed by atoms with van der Waals surface area (Å²) in [6.07, 6.45) is 0.618. The molecule has 4 heteroatoms. The van der Waals surface area contributed by atoms with E-state index in [2.05, 4.69) is 0 Å². The topological polar surface area (TPSA) is 17.1 Å². The Kier molecular flexibility index (Phi) is 4.04. The van der Waals surface area contributed by atoms with E-state index in [1.165, 1.54) is 0 Å². The van der Waals surface area contributed by atoms with Crippen molar-refractivity contribution in [1.29, 1.82) is 0 Å². The molecule has 0 bridgehead atoms. The fraction of sp³-hybridized carbons (Fsp3) is 0.222. The number of rotatable bonds is 3. The second-order valence-electron chi connectivity index (χ2n) is 2.51. The molecule has 0 aromatic heterocycles. The van der Waals surface area contributed by atoms with Crippen molar-refractivity contribution in [3.05, 3.63) is 34.3 Å². The van der Waals surface area contributed by atoms with E-state index in [1.807, 2.05) is 0 Å². The molecule has 0 spiro atoms. The van der Waals surface area contributed by atoms with Crippen LogP contribution in [0.25, 0.3) is 0 Å². The van der Waals surface area contributed by atoms with Crippen molar-refractivity contribution in [3.8, 4) is 0 Å². The summed E-state index contributed by atoms with van der Waals surface area (Å²) in [6.45, 7) is 0. The Morgan fingerprint density at radius 1 is 1.38 bits per heavy atom. The van der Waals surface area contributed by atoms with E-state index >= 15 is 0 Å². The Morgan fingerprint density at radius 3 is 2.62 bits per heavy atom. The van der Waals surface area contributed by atoms with Crippen LogP contribution in [0.4, 0.5) is 0 Å². The Labute approximate surface area is 91.6 Å². The Bertz CT molecular complexity index is 323. The molecule has 0 heterocycles.